The zero-order chi connectivity index (χ0) is 17.1. The van der Waals surface area contributed by atoms with Crippen LogP contribution in [0.25, 0.3) is 0 Å². The molecule has 0 aromatic carbocycles. The van der Waals surface area contributed by atoms with Crippen molar-refractivity contribution in [2.45, 2.75) is 51.7 Å². The molecule has 1 aromatic heterocycles. The van der Waals surface area contributed by atoms with E-state index in [9.17, 15) is 9.59 Å². The molecule has 0 saturated carbocycles. The van der Waals surface area contributed by atoms with Crippen LogP contribution in [0, 0.1) is 0 Å². The second-order valence-corrected chi connectivity index (χ2v) is 7.02. The molecule has 1 aliphatic rings. The quantitative estimate of drug-likeness (QED) is 0.864. The third-order valence-electron chi connectivity index (χ3n) is 3.75. The van der Waals surface area contributed by atoms with Crippen molar-refractivity contribution in [1.82, 2.24) is 10.3 Å². The second kappa shape index (κ2) is 6.56. The number of carbonyl (C=O) groups is 2. The standard InChI is InChI=1S/C17H25N3O3/c1-16(2,3)23-15(22)19-17(4,12-21)13-8-7-9-18-14(13)20-10-5-6-11-20/h7-9,12H,5-6,10-11H2,1-4H3,(H,19,22). The predicted molar refractivity (Wildman–Crippen MR) is 88.5 cm³/mol. The lowest BCUT2D eigenvalue weighted by Crippen LogP contribution is -2.47. The van der Waals surface area contributed by atoms with Gasteiger partial charge in [-0.15, -0.1) is 0 Å². The summed E-state index contributed by atoms with van der Waals surface area (Å²) in [4.78, 5) is 30.5. The van der Waals surface area contributed by atoms with Crippen LogP contribution >= 0.6 is 0 Å². The molecule has 6 heteroatoms. The van der Waals surface area contributed by atoms with E-state index in [0.717, 1.165) is 38.0 Å². The van der Waals surface area contributed by atoms with Crippen molar-refractivity contribution in [3.8, 4) is 0 Å². The molecule has 1 N–H and O–H groups in total. The number of aldehydes is 1. The molecule has 23 heavy (non-hydrogen) atoms. The van der Waals surface area contributed by atoms with Crippen molar-refractivity contribution in [3.05, 3.63) is 23.9 Å². The Morgan fingerprint density at radius 1 is 1.30 bits per heavy atom. The summed E-state index contributed by atoms with van der Waals surface area (Å²) in [6.07, 6.45) is 4.02. The van der Waals surface area contributed by atoms with Gasteiger partial charge in [-0.25, -0.2) is 9.78 Å². The molecule has 0 aliphatic carbocycles. The first-order valence-corrected chi connectivity index (χ1v) is 7.93. The number of hydrogen-bond acceptors (Lipinski definition) is 5. The number of alkyl carbamates (subject to hydrolysis) is 1. The van der Waals surface area contributed by atoms with E-state index in [4.69, 9.17) is 4.74 Å². The minimum atomic E-state index is -1.19. The van der Waals surface area contributed by atoms with Gasteiger partial charge in [-0.05, 0) is 46.6 Å². The van der Waals surface area contributed by atoms with Crippen molar-refractivity contribution in [3.63, 3.8) is 0 Å². The summed E-state index contributed by atoms with van der Waals surface area (Å²) >= 11 is 0. The van der Waals surface area contributed by atoms with Gasteiger partial charge in [0.25, 0.3) is 0 Å². The first-order chi connectivity index (χ1) is 10.7. The summed E-state index contributed by atoms with van der Waals surface area (Å²) < 4.78 is 5.28. The summed E-state index contributed by atoms with van der Waals surface area (Å²) in [5, 5.41) is 2.68. The number of nitrogens with one attached hydrogen (secondary N) is 1. The number of anilines is 1. The third-order valence-corrected chi connectivity index (χ3v) is 3.75. The lowest BCUT2D eigenvalue weighted by molar-refractivity contribution is -0.113. The first-order valence-electron chi connectivity index (χ1n) is 7.93. The fourth-order valence-corrected chi connectivity index (χ4v) is 2.66. The van der Waals surface area contributed by atoms with Gasteiger partial charge in [-0.1, -0.05) is 6.07 Å². The number of pyridine rings is 1. The van der Waals surface area contributed by atoms with Gasteiger partial charge in [0.2, 0.25) is 0 Å². The summed E-state index contributed by atoms with van der Waals surface area (Å²) in [5.74, 6) is 0.746. The van der Waals surface area contributed by atoms with Gasteiger partial charge in [0.15, 0.2) is 0 Å². The second-order valence-electron chi connectivity index (χ2n) is 7.02. The van der Waals surface area contributed by atoms with Crippen molar-refractivity contribution in [2.75, 3.05) is 18.0 Å². The zero-order valence-electron chi connectivity index (χ0n) is 14.3. The number of nitrogens with zero attached hydrogens (tertiary/aromatic N) is 2. The molecule has 6 nitrogen and oxygen atoms in total. The van der Waals surface area contributed by atoms with E-state index in [2.05, 4.69) is 15.2 Å². The van der Waals surface area contributed by atoms with E-state index in [1.54, 1.807) is 40.0 Å². The fourth-order valence-electron chi connectivity index (χ4n) is 2.66. The highest BCUT2D eigenvalue weighted by Crippen LogP contribution is 2.30. The maximum absolute atomic E-state index is 12.1. The molecule has 126 valence electrons. The van der Waals surface area contributed by atoms with Crippen LogP contribution in [0.1, 0.15) is 46.1 Å². The van der Waals surface area contributed by atoms with Crippen molar-refractivity contribution in [2.24, 2.45) is 0 Å². The SMILES string of the molecule is CC(C)(C)OC(=O)NC(C)(C=O)c1cccnc1N1CCCC1. The summed E-state index contributed by atoms with van der Waals surface area (Å²) in [7, 11) is 0. The van der Waals surface area contributed by atoms with Crippen LogP contribution in [0.5, 0.6) is 0 Å². The Balaban J connectivity index is 2.29. The molecule has 0 spiro atoms. The average Bonchev–Trinajstić information content (AvgIpc) is 2.99. The average molecular weight is 319 g/mol. The van der Waals surface area contributed by atoms with E-state index < -0.39 is 17.2 Å². The van der Waals surface area contributed by atoms with E-state index in [-0.39, 0.29) is 0 Å². The molecule has 1 fully saturated rings. The number of rotatable bonds is 4. The van der Waals surface area contributed by atoms with Gasteiger partial charge < -0.3 is 19.7 Å². The number of amides is 1. The van der Waals surface area contributed by atoms with Gasteiger partial charge in [-0.3, -0.25) is 0 Å². The Morgan fingerprint density at radius 2 is 1.96 bits per heavy atom. The molecule has 0 bridgehead atoms. The highest BCUT2D eigenvalue weighted by atomic mass is 16.6. The number of aromatic nitrogens is 1. The van der Waals surface area contributed by atoms with E-state index >= 15 is 0 Å². The summed E-state index contributed by atoms with van der Waals surface area (Å²) in [5.41, 5.74) is -1.13. The number of carbonyl (C=O) groups excluding carboxylic acids is 2. The molecule has 1 aromatic rings. The Kier molecular flexibility index (Phi) is 4.92. The molecular formula is C17H25N3O3. The van der Waals surface area contributed by atoms with Gasteiger partial charge in [-0.2, -0.15) is 0 Å². The molecular weight excluding hydrogens is 294 g/mol. The van der Waals surface area contributed by atoms with Crippen LogP contribution in [0.3, 0.4) is 0 Å². The fraction of sp³-hybridized carbons (Fsp3) is 0.588. The number of ether oxygens (including phenoxy) is 1. The van der Waals surface area contributed by atoms with E-state index in [1.807, 2.05) is 6.07 Å². The molecule has 1 atom stereocenters. The Morgan fingerprint density at radius 3 is 2.52 bits per heavy atom. The van der Waals surface area contributed by atoms with Crippen LogP contribution in [-0.4, -0.2) is 36.1 Å². The Bertz CT molecular complexity index is 577. The molecule has 1 aliphatic heterocycles. The normalized spacial score (nSPS) is 17.5. The first kappa shape index (κ1) is 17.2. The maximum atomic E-state index is 12.1. The lowest BCUT2D eigenvalue weighted by atomic mass is 9.94. The Labute approximate surface area is 137 Å². The van der Waals surface area contributed by atoms with Crippen LogP contribution < -0.4 is 10.2 Å². The van der Waals surface area contributed by atoms with Crippen LogP contribution in [0.2, 0.25) is 0 Å². The highest BCUT2D eigenvalue weighted by molar-refractivity contribution is 5.80. The Hall–Kier alpha value is -2.11. The molecule has 2 heterocycles. The van der Waals surface area contributed by atoms with Crippen molar-refractivity contribution < 1.29 is 14.3 Å². The molecule has 0 radical (unpaired) electrons. The van der Waals surface area contributed by atoms with Crippen LogP contribution in [0.4, 0.5) is 10.6 Å². The van der Waals surface area contributed by atoms with Crippen molar-refractivity contribution in [1.29, 1.82) is 0 Å². The molecule has 1 amide bonds. The monoisotopic (exact) mass is 319 g/mol. The highest BCUT2D eigenvalue weighted by Gasteiger charge is 2.34. The number of hydrogen-bond donors (Lipinski definition) is 1. The van der Waals surface area contributed by atoms with E-state index in [1.165, 1.54) is 0 Å². The molecule has 1 saturated heterocycles. The minimum absolute atomic E-state index is 0.622. The van der Waals surface area contributed by atoms with Gasteiger partial charge in [0.1, 0.15) is 23.2 Å². The lowest BCUT2D eigenvalue weighted by Gasteiger charge is -2.31. The molecule has 2 rings (SSSR count). The van der Waals surface area contributed by atoms with Gasteiger partial charge in [0, 0.05) is 24.8 Å². The van der Waals surface area contributed by atoms with E-state index in [0.29, 0.717) is 5.56 Å². The van der Waals surface area contributed by atoms with Gasteiger partial charge >= 0.3 is 6.09 Å². The maximum Gasteiger partial charge on any atom is 0.408 e. The van der Waals surface area contributed by atoms with Crippen LogP contribution in [-0.2, 0) is 15.1 Å². The van der Waals surface area contributed by atoms with Crippen LogP contribution in [0.15, 0.2) is 18.3 Å². The topological polar surface area (TPSA) is 71.5 Å². The zero-order valence-corrected chi connectivity index (χ0v) is 14.3. The largest absolute Gasteiger partial charge is 0.444 e. The van der Waals surface area contributed by atoms with Crippen molar-refractivity contribution >= 4 is 18.2 Å². The molecule has 1 unspecified atom stereocenters. The predicted octanol–water partition coefficient (Wildman–Crippen LogP) is 2.62. The summed E-state index contributed by atoms with van der Waals surface area (Å²) in [6, 6.07) is 3.60. The minimum Gasteiger partial charge on any atom is -0.444 e. The smallest absolute Gasteiger partial charge is 0.408 e. The van der Waals surface area contributed by atoms with Gasteiger partial charge in [0.05, 0.1) is 0 Å². The summed E-state index contributed by atoms with van der Waals surface area (Å²) in [6.45, 7) is 8.83. The third kappa shape index (κ3) is 4.21.